The molecule has 0 radical (unpaired) electrons. The maximum atomic E-state index is 12.0. The zero-order valence-electron chi connectivity index (χ0n) is 30.9. The summed E-state index contributed by atoms with van der Waals surface area (Å²) in [5.41, 5.74) is -1.95. The van der Waals surface area contributed by atoms with Crippen LogP contribution >= 0.6 is 0 Å². The maximum absolute atomic E-state index is 12.0. The molecule has 3 unspecified atom stereocenters. The van der Waals surface area contributed by atoms with E-state index in [1.165, 1.54) is 0 Å². The standard InChI is InChI=1S/C36H42O20S4/c37-20-3-4-24(31(39)13-20)21(5-9-58(48,49)50)26-14-28(35(43)17-33(26)41)23(7-11-60(54,55)56)29-15-27(34(42)18-36(29)44)22(6-10-59(51,52)53)25-12-19(30(38)16-32(25)40)2-1-8-57(45,46)47/h3-4,12-18,21-23,37-44H,1-2,5-11H2,(H,45,46,47)(H,48,49,50)(H,51,52,53)(H,54,55,56)/p-4. The van der Waals surface area contributed by atoms with Gasteiger partial charge in [-0.2, -0.15) is 0 Å². The molecule has 60 heavy (non-hydrogen) atoms. The second-order valence-electron chi connectivity index (χ2n) is 13.9. The molecule has 3 atom stereocenters. The lowest BCUT2D eigenvalue weighted by molar-refractivity contribution is 0.422. The predicted molar refractivity (Wildman–Crippen MR) is 205 cm³/mol. The first-order valence-electron chi connectivity index (χ1n) is 17.5. The van der Waals surface area contributed by atoms with Crippen molar-refractivity contribution in [3.05, 3.63) is 93.5 Å². The van der Waals surface area contributed by atoms with Crippen LogP contribution in [0.5, 0.6) is 46.0 Å². The fraction of sp³-hybridized carbons (Fsp3) is 0.333. The summed E-state index contributed by atoms with van der Waals surface area (Å²) in [4.78, 5) is 0. The molecule has 0 spiro atoms. The summed E-state index contributed by atoms with van der Waals surface area (Å²) < 4.78 is 140. The van der Waals surface area contributed by atoms with Gasteiger partial charge in [-0.1, -0.05) is 6.07 Å². The quantitative estimate of drug-likeness (QED) is 0.0623. The number of rotatable bonds is 19. The van der Waals surface area contributed by atoms with E-state index in [0.29, 0.717) is 12.1 Å². The molecule has 0 saturated heterocycles. The Balaban J connectivity index is 2.00. The minimum atomic E-state index is -5.09. The SMILES string of the molecule is O=S(=O)([O-])CCCc1cc(C(CCS(=O)(=O)[O-])c2cc(C(CCS(=O)(=O)[O-])c3cc(C(CCS(=O)(=O)[O-])c4ccc(O)cc4O)c(O)cc3O)c(O)cc2O)c(O)cc1O. The molecule has 0 aliphatic heterocycles. The third kappa shape index (κ3) is 13.0. The largest absolute Gasteiger partial charge is 0.748 e. The van der Waals surface area contributed by atoms with Gasteiger partial charge in [0.25, 0.3) is 0 Å². The molecule has 0 fully saturated rings. The van der Waals surface area contributed by atoms with E-state index in [4.69, 9.17) is 0 Å². The fourth-order valence-corrected chi connectivity index (χ4v) is 9.02. The van der Waals surface area contributed by atoms with E-state index in [0.717, 1.165) is 42.5 Å². The first-order chi connectivity index (χ1) is 27.5. The number of hydrogen-bond donors (Lipinski definition) is 8. The molecule has 0 saturated carbocycles. The molecular formula is C36H38O20S4-4. The van der Waals surface area contributed by atoms with Gasteiger partial charge < -0.3 is 59.1 Å². The third-order valence-electron chi connectivity index (χ3n) is 9.66. The molecule has 8 N–H and O–H groups in total. The van der Waals surface area contributed by atoms with Crippen LogP contribution in [0.15, 0.2) is 54.6 Å². The van der Waals surface area contributed by atoms with Crippen molar-refractivity contribution in [2.45, 2.75) is 49.9 Å². The van der Waals surface area contributed by atoms with Gasteiger partial charge in [0, 0.05) is 98.4 Å². The Morgan fingerprint density at radius 3 is 1.05 bits per heavy atom. The number of phenols is 8. The zero-order valence-corrected chi connectivity index (χ0v) is 34.2. The second-order valence-corrected chi connectivity index (χ2v) is 20.0. The molecule has 4 aromatic rings. The lowest BCUT2D eigenvalue weighted by atomic mass is 9.80. The van der Waals surface area contributed by atoms with E-state index in [1.807, 2.05) is 0 Å². The van der Waals surface area contributed by atoms with Crippen LogP contribution in [0.3, 0.4) is 0 Å². The molecule has 4 aromatic carbocycles. The Morgan fingerprint density at radius 1 is 0.383 bits per heavy atom. The van der Waals surface area contributed by atoms with Crippen molar-refractivity contribution in [1.82, 2.24) is 0 Å². The molecule has 0 amide bonds. The summed E-state index contributed by atoms with van der Waals surface area (Å²) >= 11 is 0. The highest BCUT2D eigenvalue weighted by atomic mass is 32.2. The van der Waals surface area contributed by atoms with Gasteiger partial charge in [-0.05, 0) is 61.9 Å². The predicted octanol–water partition coefficient (Wildman–Crippen LogP) is 2.01. The molecule has 0 aliphatic carbocycles. The van der Waals surface area contributed by atoms with E-state index in [-0.39, 0.29) is 46.2 Å². The average Bonchev–Trinajstić information content (AvgIpc) is 3.08. The normalized spacial score (nSPS) is 14.1. The Kier molecular flexibility index (Phi) is 14.5. The Labute approximate surface area is 344 Å². The molecule has 0 heterocycles. The average molecular weight is 919 g/mol. The number of aromatic hydroxyl groups is 8. The van der Waals surface area contributed by atoms with Crippen molar-refractivity contribution in [2.24, 2.45) is 0 Å². The molecular weight excluding hydrogens is 881 g/mol. The van der Waals surface area contributed by atoms with E-state index < -0.39 is 152 Å². The van der Waals surface area contributed by atoms with Crippen LogP contribution in [-0.2, 0) is 46.9 Å². The van der Waals surface area contributed by atoms with Crippen LogP contribution in [-0.4, -0.2) is 116 Å². The Bertz CT molecular complexity index is 2700. The first-order valence-corrected chi connectivity index (χ1v) is 23.8. The van der Waals surface area contributed by atoms with Gasteiger partial charge in [-0.15, -0.1) is 0 Å². The van der Waals surface area contributed by atoms with Gasteiger partial charge in [0.05, 0.1) is 40.5 Å². The summed E-state index contributed by atoms with van der Waals surface area (Å²) in [6.07, 6.45) is -2.71. The highest BCUT2D eigenvalue weighted by Gasteiger charge is 2.31. The smallest absolute Gasteiger partial charge is 0.123 e. The van der Waals surface area contributed by atoms with Crippen LogP contribution in [0.2, 0.25) is 0 Å². The first kappa shape index (κ1) is 47.6. The summed E-state index contributed by atoms with van der Waals surface area (Å²) in [5.74, 6) is -14.5. The number of phenolic OH excluding ortho intramolecular Hbond substituents is 8. The lowest BCUT2D eigenvalue weighted by Crippen LogP contribution is -2.15. The third-order valence-corrected chi connectivity index (χ3v) is 12.7. The highest BCUT2D eigenvalue weighted by Crippen LogP contribution is 2.49. The number of aryl methyl sites for hydroxylation is 1. The van der Waals surface area contributed by atoms with E-state index >= 15 is 0 Å². The maximum Gasteiger partial charge on any atom is 0.123 e. The molecule has 0 aliphatic rings. The van der Waals surface area contributed by atoms with Crippen molar-refractivity contribution in [1.29, 1.82) is 0 Å². The Hall–Kier alpha value is -5.08. The molecule has 0 aromatic heterocycles. The molecule has 330 valence electrons. The van der Waals surface area contributed by atoms with Crippen molar-refractivity contribution < 1.29 is 92.7 Å². The molecule has 4 rings (SSSR count). The lowest BCUT2D eigenvalue weighted by Gasteiger charge is -2.27. The topological polar surface area (TPSA) is 391 Å². The van der Waals surface area contributed by atoms with Crippen molar-refractivity contribution in [3.8, 4) is 46.0 Å². The van der Waals surface area contributed by atoms with E-state index in [2.05, 4.69) is 0 Å². The van der Waals surface area contributed by atoms with Gasteiger partial charge in [0.15, 0.2) is 0 Å². The minimum Gasteiger partial charge on any atom is -0.748 e. The molecule has 0 bridgehead atoms. The van der Waals surface area contributed by atoms with Crippen LogP contribution < -0.4 is 0 Å². The van der Waals surface area contributed by atoms with Gasteiger partial charge in [-0.25, -0.2) is 33.7 Å². The zero-order chi connectivity index (χ0) is 45.1. The summed E-state index contributed by atoms with van der Waals surface area (Å²) in [5, 5.41) is 86.7. The minimum absolute atomic E-state index is 0.0704. The summed E-state index contributed by atoms with van der Waals surface area (Å²) in [7, 11) is -19.8. The van der Waals surface area contributed by atoms with Gasteiger partial charge in [0.2, 0.25) is 0 Å². The van der Waals surface area contributed by atoms with Crippen molar-refractivity contribution in [2.75, 3.05) is 23.0 Å². The summed E-state index contributed by atoms with van der Waals surface area (Å²) in [6, 6.07) is 8.31. The van der Waals surface area contributed by atoms with E-state index in [1.54, 1.807) is 0 Å². The van der Waals surface area contributed by atoms with Gasteiger partial charge in [0.1, 0.15) is 46.0 Å². The van der Waals surface area contributed by atoms with Crippen LogP contribution in [0.4, 0.5) is 0 Å². The monoisotopic (exact) mass is 918 g/mol. The summed E-state index contributed by atoms with van der Waals surface area (Å²) in [6.45, 7) is 0. The van der Waals surface area contributed by atoms with Crippen LogP contribution in [0.1, 0.15) is 82.4 Å². The second kappa shape index (κ2) is 18.3. The van der Waals surface area contributed by atoms with Crippen LogP contribution in [0.25, 0.3) is 0 Å². The van der Waals surface area contributed by atoms with Crippen LogP contribution in [0, 0.1) is 0 Å². The Morgan fingerprint density at radius 2 is 0.700 bits per heavy atom. The number of benzene rings is 4. The van der Waals surface area contributed by atoms with Gasteiger partial charge in [-0.3, -0.25) is 0 Å². The highest BCUT2D eigenvalue weighted by molar-refractivity contribution is 7.86. The fourth-order valence-electron chi connectivity index (χ4n) is 6.95. The molecule has 24 heteroatoms. The van der Waals surface area contributed by atoms with E-state index in [9.17, 15) is 92.7 Å². The molecule has 20 nitrogen and oxygen atoms in total. The van der Waals surface area contributed by atoms with Crippen molar-refractivity contribution >= 4 is 40.5 Å². The van der Waals surface area contributed by atoms with Crippen molar-refractivity contribution in [3.63, 3.8) is 0 Å². The number of hydrogen-bond acceptors (Lipinski definition) is 20. The van der Waals surface area contributed by atoms with Gasteiger partial charge >= 0.3 is 0 Å².